The Morgan fingerprint density at radius 3 is 0.333 bits per heavy atom. The molecular formula is C36H36O12S6. The fraction of sp³-hybridized carbons (Fsp3) is 0.333. The molecule has 4 aromatic rings. The Morgan fingerprint density at radius 2 is 0.259 bits per heavy atom. The van der Waals surface area contributed by atoms with Crippen LogP contribution in [0.5, 0.6) is 0 Å². The largest absolute Gasteiger partial charge is 0.228 e. The molecule has 0 spiro atoms. The number of fused-ring (bicyclic) bond motifs is 12. The maximum absolute atomic E-state index is 13.7. The van der Waals surface area contributed by atoms with Crippen molar-refractivity contribution in [2.75, 3.05) is 0 Å². The smallest absolute Gasteiger partial charge is 0.158 e. The lowest BCUT2D eigenvalue weighted by Crippen LogP contribution is -2.16. The molecule has 0 fully saturated rings. The average Bonchev–Trinajstić information content (AvgIpc) is 2.91. The summed E-state index contributed by atoms with van der Waals surface area (Å²) < 4.78 is 165. The van der Waals surface area contributed by atoms with Gasteiger partial charge >= 0.3 is 0 Å². The summed E-state index contributed by atoms with van der Waals surface area (Å²) in [6.45, 7) is 0. The van der Waals surface area contributed by atoms with Crippen LogP contribution < -0.4 is 0 Å². The Hall–Kier alpha value is -3.42. The van der Waals surface area contributed by atoms with Gasteiger partial charge in [-0.15, -0.1) is 0 Å². The molecule has 0 saturated carbocycles. The van der Waals surface area contributed by atoms with E-state index in [0.717, 1.165) is 0 Å². The van der Waals surface area contributed by atoms with Gasteiger partial charge in [-0.05, 0) is 66.8 Å². The Bertz CT molecular complexity index is 2190. The summed E-state index contributed by atoms with van der Waals surface area (Å²) in [5.74, 6) is -7.39. The minimum atomic E-state index is -4.08. The summed E-state index contributed by atoms with van der Waals surface area (Å²) in [5, 5.41) is 0. The molecule has 0 aromatic heterocycles. The quantitative estimate of drug-likeness (QED) is 0.250. The molecule has 18 heteroatoms. The van der Waals surface area contributed by atoms with Gasteiger partial charge in [0.1, 0.15) is 0 Å². The average molecular weight is 853 g/mol. The molecule has 4 heterocycles. The van der Waals surface area contributed by atoms with E-state index in [1.807, 2.05) is 0 Å². The van der Waals surface area contributed by atoms with Gasteiger partial charge in [0.2, 0.25) is 0 Å². The van der Waals surface area contributed by atoms with E-state index in [9.17, 15) is 50.5 Å². The molecule has 12 nitrogen and oxygen atoms in total. The highest BCUT2D eigenvalue weighted by atomic mass is 32.2. The van der Waals surface area contributed by atoms with Crippen molar-refractivity contribution >= 4 is 59.0 Å². The second-order valence-electron chi connectivity index (χ2n) is 14.8. The molecule has 0 unspecified atom stereocenters. The minimum Gasteiger partial charge on any atom is -0.228 e. The molecule has 54 heavy (non-hydrogen) atoms. The van der Waals surface area contributed by atoms with Crippen LogP contribution in [0.4, 0.5) is 0 Å². The van der Waals surface area contributed by atoms with E-state index >= 15 is 0 Å². The summed E-state index contributed by atoms with van der Waals surface area (Å²) in [4.78, 5) is 0. The number of sulfone groups is 6. The molecule has 0 saturated heterocycles. The highest BCUT2D eigenvalue weighted by Gasteiger charge is 2.26. The maximum Gasteiger partial charge on any atom is 0.158 e. The van der Waals surface area contributed by atoms with Crippen LogP contribution >= 0.6 is 0 Å². The van der Waals surface area contributed by atoms with Gasteiger partial charge in [-0.3, -0.25) is 0 Å². The second kappa shape index (κ2) is 13.7. The van der Waals surface area contributed by atoms with Crippen molar-refractivity contribution in [1.82, 2.24) is 0 Å². The van der Waals surface area contributed by atoms with E-state index in [-0.39, 0.29) is 66.8 Å². The van der Waals surface area contributed by atoms with Gasteiger partial charge in [0.05, 0.1) is 69.0 Å². The van der Waals surface area contributed by atoms with Crippen molar-refractivity contribution < 1.29 is 50.5 Å². The van der Waals surface area contributed by atoms with Crippen molar-refractivity contribution in [3.8, 4) is 0 Å². The SMILES string of the molecule is O=S1(=O)Cc2cc3cc(c2)CS(=O)(=O)Cc2cc4cc(c2)CS(=O)(=O)Cc2cc(cc(c2)CS(=O)(=O)Cc2cc(cc(c2)CS(=O)(=O)C4)C1)CS(=O)(=O)C3. The van der Waals surface area contributed by atoms with Crippen molar-refractivity contribution in [3.63, 3.8) is 0 Å². The molecule has 4 aliphatic rings. The molecule has 0 amide bonds. The second-order valence-corrected chi connectivity index (χ2v) is 27.2. The molecule has 4 aromatic carbocycles. The van der Waals surface area contributed by atoms with Crippen LogP contribution in [0.1, 0.15) is 66.8 Å². The number of rotatable bonds is 0. The number of hydrogen-bond acceptors (Lipinski definition) is 12. The predicted octanol–water partition coefficient (Wildman–Crippen LogP) is 3.32. The zero-order valence-corrected chi connectivity index (χ0v) is 33.7. The lowest BCUT2D eigenvalue weighted by Gasteiger charge is -2.17. The topological polar surface area (TPSA) is 205 Å². The Kier molecular flexibility index (Phi) is 9.82. The van der Waals surface area contributed by atoms with Crippen LogP contribution in [0.3, 0.4) is 0 Å². The fourth-order valence-corrected chi connectivity index (χ4v) is 16.4. The maximum atomic E-state index is 13.7. The van der Waals surface area contributed by atoms with Crippen LogP contribution in [-0.4, -0.2) is 50.5 Å². The zero-order valence-electron chi connectivity index (χ0n) is 28.8. The van der Waals surface area contributed by atoms with E-state index in [2.05, 4.69) is 0 Å². The molecule has 12 bridgehead atoms. The minimum absolute atomic E-state index is 0.143. The number of hydrogen-bond donors (Lipinski definition) is 0. The Morgan fingerprint density at radius 1 is 0.185 bits per heavy atom. The van der Waals surface area contributed by atoms with Crippen LogP contribution in [0, 0.1) is 0 Å². The molecule has 8 rings (SSSR count). The molecular weight excluding hydrogens is 817 g/mol. The first-order valence-corrected chi connectivity index (χ1v) is 27.6. The van der Waals surface area contributed by atoms with E-state index in [0.29, 0.717) is 0 Å². The fourth-order valence-electron chi connectivity index (χ4n) is 7.71. The van der Waals surface area contributed by atoms with E-state index in [4.69, 9.17) is 0 Å². The van der Waals surface area contributed by atoms with Gasteiger partial charge in [-0.2, -0.15) is 0 Å². The van der Waals surface area contributed by atoms with Gasteiger partial charge in [0, 0.05) is 0 Å². The first-order valence-electron chi connectivity index (χ1n) is 16.6. The number of benzene rings is 4. The van der Waals surface area contributed by atoms with Gasteiger partial charge in [-0.1, -0.05) is 72.8 Å². The third-order valence-corrected chi connectivity index (χ3v) is 18.4. The predicted molar refractivity (Wildman–Crippen MR) is 204 cm³/mol. The molecule has 288 valence electrons. The highest BCUT2D eigenvalue weighted by Crippen LogP contribution is 2.28. The van der Waals surface area contributed by atoms with Crippen LogP contribution in [0.15, 0.2) is 72.8 Å². The summed E-state index contributed by atoms with van der Waals surface area (Å²) in [6.07, 6.45) is 0. The summed E-state index contributed by atoms with van der Waals surface area (Å²) in [6, 6.07) is 16.8. The Balaban J connectivity index is 1.56. The highest BCUT2D eigenvalue weighted by molar-refractivity contribution is 7.91. The molecule has 0 radical (unpaired) electrons. The third kappa shape index (κ3) is 10.1. The van der Waals surface area contributed by atoms with Crippen molar-refractivity contribution in [2.24, 2.45) is 0 Å². The molecule has 4 aliphatic heterocycles. The summed E-state index contributed by atoms with van der Waals surface area (Å²) in [5.41, 5.74) is 1.72. The summed E-state index contributed by atoms with van der Waals surface area (Å²) >= 11 is 0. The van der Waals surface area contributed by atoms with Crippen LogP contribution in [0.2, 0.25) is 0 Å². The Labute approximate surface area is 316 Å². The van der Waals surface area contributed by atoms with E-state index in [1.54, 1.807) is 0 Å². The lowest BCUT2D eigenvalue weighted by molar-refractivity contribution is 0.592. The van der Waals surface area contributed by atoms with Crippen LogP contribution in [0.25, 0.3) is 0 Å². The van der Waals surface area contributed by atoms with Gasteiger partial charge in [0.15, 0.2) is 59.0 Å². The standard InChI is InChI=1S/C36H36O12S6/c37-49(38)13-25-1-26-3-27(2-25)15-51(41,42)18-34-10-35-12-36(11-34)24-54(47,48)22-33-7-29(17-50(39,40)14-26)5-31(9-33)20-52(43,44)19-30-4-28(16-49)6-32(8-30)21-53(45,46)23-35/h1-12H,13-24H2. The summed E-state index contributed by atoms with van der Waals surface area (Å²) in [7, 11) is -24.5. The molecule has 0 atom stereocenters. The molecule has 0 N–H and O–H groups in total. The van der Waals surface area contributed by atoms with Gasteiger partial charge < -0.3 is 0 Å². The molecule has 0 aliphatic carbocycles. The van der Waals surface area contributed by atoms with Gasteiger partial charge in [-0.25, -0.2) is 50.5 Å². The van der Waals surface area contributed by atoms with Crippen molar-refractivity contribution in [3.05, 3.63) is 140 Å². The van der Waals surface area contributed by atoms with Crippen LogP contribution in [-0.2, 0) is 128 Å². The lowest BCUT2D eigenvalue weighted by atomic mass is 10.1. The third-order valence-electron chi connectivity index (χ3n) is 9.09. The monoisotopic (exact) mass is 852 g/mol. The van der Waals surface area contributed by atoms with E-state index in [1.165, 1.54) is 72.8 Å². The normalized spacial score (nSPS) is 22.2. The first kappa shape index (κ1) is 38.8. The van der Waals surface area contributed by atoms with Gasteiger partial charge in [0.25, 0.3) is 0 Å². The van der Waals surface area contributed by atoms with Crippen molar-refractivity contribution in [1.29, 1.82) is 0 Å². The van der Waals surface area contributed by atoms with E-state index < -0.39 is 128 Å². The van der Waals surface area contributed by atoms with Crippen molar-refractivity contribution in [2.45, 2.75) is 69.0 Å². The first-order chi connectivity index (χ1) is 24.9. The zero-order chi connectivity index (χ0) is 38.9.